The molecule has 0 radical (unpaired) electrons. The molecule has 0 spiro atoms. The number of carbonyl (C=O) groups excluding carboxylic acids is 1. The van der Waals surface area contributed by atoms with Gasteiger partial charge in [0.2, 0.25) is 0 Å². The van der Waals surface area contributed by atoms with E-state index in [-0.39, 0.29) is 0 Å². The highest BCUT2D eigenvalue weighted by molar-refractivity contribution is 8.16. The fourth-order valence-electron chi connectivity index (χ4n) is 2.55. The number of methoxy groups -OCH3 is 2. The third-order valence-corrected chi connectivity index (χ3v) is 6.77. The molecule has 0 atom stereocenters. The first-order valence-corrected chi connectivity index (χ1v) is 10.1. The Kier molecular flexibility index (Phi) is 6.15. The second-order valence-corrected chi connectivity index (χ2v) is 8.18. The van der Waals surface area contributed by atoms with Gasteiger partial charge in [-0.05, 0) is 47.8 Å². The lowest BCUT2D eigenvalue weighted by molar-refractivity contribution is 0.0598. The normalized spacial score (nSPS) is 14.8. The van der Waals surface area contributed by atoms with Gasteiger partial charge in [0.1, 0.15) is 22.8 Å². The van der Waals surface area contributed by atoms with Crippen molar-refractivity contribution < 1.29 is 19.0 Å². The zero-order valence-electron chi connectivity index (χ0n) is 14.2. The van der Waals surface area contributed by atoms with E-state index in [2.05, 4.69) is 6.07 Å². The van der Waals surface area contributed by atoms with Crippen LogP contribution in [-0.2, 0) is 4.74 Å². The van der Waals surface area contributed by atoms with Gasteiger partial charge in [0.05, 0.1) is 18.8 Å². The maximum Gasteiger partial charge on any atom is 0.341 e. The highest BCUT2D eigenvalue weighted by Gasteiger charge is 2.19. The summed E-state index contributed by atoms with van der Waals surface area (Å²) in [5, 5.41) is 0. The lowest BCUT2D eigenvalue weighted by Crippen LogP contribution is -2.04. The molecule has 1 aliphatic rings. The van der Waals surface area contributed by atoms with Gasteiger partial charge in [0.15, 0.2) is 0 Å². The fourth-order valence-corrected chi connectivity index (χ4v) is 5.40. The molecule has 1 heterocycles. The maximum absolute atomic E-state index is 11.9. The minimum absolute atomic E-state index is 0.377. The summed E-state index contributed by atoms with van der Waals surface area (Å²) < 4.78 is 16.6. The summed E-state index contributed by atoms with van der Waals surface area (Å²) in [6.07, 6.45) is 1.24. The van der Waals surface area contributed by atoms with Crippen LogP contribution in [0.2, 0.25) is 0 Å². The van der Waals surface area contributed by atoms with E-state index in [4.69, 9.17) is 14.2 Å². The minimum Gasteiger partial charge on any atom is -0.497 e. The Hall–Kier alpha value is -1.79. The first-order chi connectivity index (χ1) is 12.2. The molecule has 2 aromatic carbocycles. The summed E-state index contributed by atoms with van der Waals surface area (Å²) in [7, 11) is 3.01. The maximum atomic E-state index is 11.9. The number of rotatable bonds is 5. The van der Waals surface area contributed by atoms with Gasteiger partial charge in [-0.1, -0.05) is 12.1 Å². The van der Waals surface area contributed by atoms with E-state index >= 15 is 0 Å². The highest BCUT2D eigenvalue weighted by Crippen LogP contribution is 2.45. The molecular formula is C19H20O4S2. The van der Waals surface area contributed by atoms with Gasteiger partial charge in [0, 0.05) is 6.07 Å². The summed E-state index contributed by atoms with van der Waals surface area (Å²) in [5.41, 5.74) is 1.57. The van der Waals surface area contributed by atoms with E-state index in [0.717, 1.165) is 17.3 Å². The van der Waals surface area contributed by atoms with Crippen LogP contribution in [0.5, 0.6) is 17.2 Å². The molecular weight excluding hydrogens is 356 g/mol. The topological polar surface area (TPSA) is 44.8 Å². The summed E-state index contributed by atoms with van der Waals surface area (Å²) in [4.78, 5) is 11.9. The molecule has 2 aromatic rings. The predicted molar refractivity (Wildman–Crippen MR) is 103 cm³/mol. The summed E-state index contributed by atoms with van der Waals surface area (Å²) >= 11 is 3.88. The van der Waals surface area contributed by atoms with Crippen molar-refractivity contribution >= 4 is 29.5 Å². The van der Waals surface area contributed by atoms with E-state index in [9.17, 15) is 4.79 Å². The molecule has 0 N–H and O–H groups in total. The van der Waals surface area contributed by atoms with Crippen molar-refractivity contribution in [2.75, 3.05) is 25.7 Å². The Morgan fingerprint density at radius 2 is 1.76 bits per heavy atom. The van der Waals surface area contributed by atoms with E-state index in [0.29, 0.717) is 21.6 Å². The van der Waals surface area contributed by atoms with Crippen LogP contribution < -0.4 is 9.47 Å². The first kappa shape index (κ1) is 18.0. The largest absolute Gasteiger partial charge is 0.497 e. The second-order valence-electron chi connectivity index (χ2n) is 5.46. The molecule has 25 heavy (non-hydrogen) atoms. The van der Waals surface area contributed by atoms with Gasteiger partial charge in [-0.2, -0.15) is 0 Å². The second kappa shape index (κ2) is 8.54. The Balaban J connectivity index is 1.91. The molecule has 1 saturated heterocycles. The molecule has 0 saturated carbocycles. The number of hydrogen-bond donors (Lipinski definition) is 0. The van der Waals surface area contributed by atoms with Crippen LogP contribution in [0, 0.1) is 0 Å². The quantitative estimate of drug-likeness (QED) is 0.673. The highest BCUT2D eigenvalue weighted by atomic mass is 32.2. The van der Waals surface area contributed by atoms with Gasteiger partial charge in [0.25, 0.3) is 0 Å². The number of thioether (sulfide) groups is 2. The van der Waals surface area contributed by atoms with E-state index in [1.807, 2.05) is 41.7 Å². The summed E-state index contributed by atoms with van der Waals surface area (Å²) in [6.45, 7) is 0. The number of esters is 1. The van der Waals surface area contributed by atoms with Crippen molar-refractivity contribution in [3.63, 3.8) is 0 Å². The van der Waals surface area contributed by atoms with Crippen LogP contribution in [0.25, 0.3) is 0 Å². The zero-order valence-corrected chi connectivity index (χ0v) is 15.8. The monoisotopic (exact) mass is 376 g/mol. The molecule has 0 aliphatic carbocycles. The van der Waals surface area contributed by atoms with Crippen molar-refractivity contribution in [1.82, 2.24) is 0 Å². The molecule has 0 unspecified atom stereocenters. The fraction of sp³-hybridized carbons (Fsp3) is 0.316. The third kappa shape index (κ3) is 4.44. The molecule has 6 heteroatoms. The van der Waals surface area contributed by atoms with Crippen molar-refractivity contribution in [2.45, 2.75) is 11.0 Å². The molecule has 3 rings (SSSR count). The average molecular weight is 376 g/mol. The van der Waals surface area contributed by atoms with Crippen LogP contribution in [0.15, 0.2) is 42.5 Å². The van der Waals surface area contributed by atoms with Gasteiger partial charge >= 0.3 is 5.97 Å². The van der Waals surface area contributed by atoms with Crippen molar-refractivity contribution in [2.24, 2.45) is 0 Å². The van der Waals surface area contributed by atoms with Crippen LogP contribution in [-0.4, -0.2) is 31.7 Å². The zero-order chi connectivity index (χ0) is 17.6. The molecule has 1 fully saturated rings. The molecule has 1 aliphatic heterocycles. The van der Waals surface area contributed by atoms with Crippen molar-refractivity contribution in [3.8, 4) is 17.2 Å². The van der Waals surface area contributed by atoms with E-state index in [1.165, 1.54) is 19.1 Å². The molecule has 0 aromatic heterocycles. The number of para-hydroxylation sites is 1. The number of hydrogen-bond acceptors (Lipinski definition) is 6. The molecule has 0 bridgehead atoms. The van der Waals surface area contributed by atoms with Crippen LogP contribution in [0.4, 0.5) is 0 Å². The summed E-state index contributed by atoms with van der Waals surface area (Å²) in [5.74, 6) is 3.77. The van der Waals surface area contributed by atoms with Gasteiger partial charge in [-0.15, -0.1) is 23.5 Å². The van der Waals surface area contributed by atoms with E-state index in [1.54, 1.807) is 25.3 Å². The number of carbonyl (C=O) groups is 1. The molecule has 132 valence electrons. The number of ether oxygens (including phenoxy) is 3. The Morgan fingerprint density at radius 3 is 2.48 bits per heavy atom. The smallest absolute Gasteiger partial charge is 0.341 e. The SMILES string of the molecule is COC(=O)c1ccccc1Oc1cc(OC)cc(C2SCCCS2)c1. The standard InChI is InChI=1S/C19H20O4S2/c1-21-14-10-13(19-24-8-5-9-25-19)11-15(12-14)23-17-7-4-3-6-16(17)18(20)22-2/h3-4,6-7,10-12,19H,5,8-9H2,1-2H3. The van der Waals surface area contributed by atoms with Gasteiger partial charge < -0.3 is 14.2 Å². The Labute approximate surface area is 156 Å². The molecule has 0 amide bonds. The lowest BCUT2D eigenvalue weighted by Gasteiger charge is -2.22. The van der Waals surface area contributed by atoms with Gasteiger partial charge in [-0.25, -0.2) is 4.79 Å². The van der Waals surface area contributed by atoms with Crippen molar-refractivity contribution in [3.05, 3.63) is 53.6 Å². The Bertz CT molecular complexity index is 742. The Morgan fingerprint density at radius 1 is 1.04 bits per heavy atom. The van der Waals surface area contributed by atoms with Gasteiger partial charge in [-0.3, -0.25) is 0 Å². The predicted octanol–water partition coefficient (Wildman–Crippen LogP) is 5.14. The lowest BCUT2D eigenvalue weighted by atomic mass is 10.2. The minimum atomic E-state index is -0.419. The number of benzene rings is 2. The van der Waals surface area contributed by atoms with Crippen LogP contribution in [0.3, 0.4) is 0 Å². The van der Waals surface area contributed by atoms with Crippen molar-refractivity contribution in [1.29, 1.82) is 0 Å². The third-order valence-electron chi connectivity index (χ3n) is 3.76. The summed E-state index contributed by atoms with van der Waals surface area (Å²) in [6, 6.07) is 13.0. The first-order valence-electron chi connectivity index (χ1n) is 7.98. The van der Waals surface area contributed by atoms with Crippen LogP contribution in [0.1, 0.15) is 26.9 Å². The molecule has 4 nitrogen and oxygen atoms in total. The van der Waals surface area contributed by atoms with E-state index < -0.39 is 5.97 Å². The average Bonchev–Trinajstić information content (AvgIpc) is 2.68. The van der Waals surface area contributed by atoms with Crippen LogP contribution >= 0.6 is 23.5 Å².